The first-order valence-electron chi connectivity index (χ1n) is 8.51. The van der Waals surface area contributed by atoms with Gasteiger partial charge in [0.25, 0.3) is 0 Å². The zero-order valence-electron chi connectivity index (χ0n) is 14.0. The second-order valence-electron chi connectivity index (χ2n) is 6.86. The van der Waals surface area contributed by atoms with Crippen molar-refractivity contribution in [2.75, 3.05) is 7.05 Å². The number of rotatable bonds is 5. The van der Waals surface area contributed by atoms with Crippen LogP contribution in [0.4, 0.5) is 0 Å². The predicted molar refractivity (Wildman–Crippen MR) is 89.4 cm³/mol. The van der Waals surface area contributed by atoms with Gasteiger partial charge in [0.15, 0.2) is 0 Å². The summed E-state index contributed by atoms with van der Waals surface area (Å²) in [4.78, 5) is 2.39. The molecule has 1 aromatic carbocycles. The molecule has 2 nitrogen and oxygen atoms in total. The Morgan fingerprint density at radius 1 is 1.14 bits per heavy atom. The van der Waals surface area contributed by atoms with E-state index in [1.807, 2.05) is 0 Å². The second-order valence-corrected chi connectivity index (χ2v) is 6.86. The van der Waals surface area contributed by atoms with E-state index in [2.05, 4.69) is 57.0 Å². The lowest BCUT2D eigenvalue weighted by atomic mass is 9.86. The van der Waals surface area contributed by atoms with Crippen molar-refractivity contribution in [1.29, 1.82) is 0 Å². The normalized spacial score (nSPS) is 25.8. The van der Waals surface area contributed by atoms with Crippen LogP contribution in [0.25, 0.3) is 0 Å². The number of nitrogens with zero attached hydrogens (tertiary/aromatic N) is 1. The van der Waals surface area contributed by atoms with Gasteiger partial charge < -0.3 is 5.11 Å². The van der Waals surface area contributed by atoms with Crippen LogP contribution in [-0.4, -0.2) is 29.1 Å². The maximum atomic E-state index is 10.7. The van der Waals surface area contributed by atoms with Crippen molar-refractivity contribution in [1.82, 2.24) is 4.90 Å². The van der Waals surface area contributed by atoms with Crippen LogP contribution in [0.5, 0.6) is 0 Å². The summed E-state index contributed by atoms with van der Waals surface area (Å²) in [7, 11) is 2.18. The smallest absolute Gasteiger partial charge is 0.0942 e. The number of likely N-dealkylation sites (N-methyl/N-ethyl adjacent to an activating group) is 1. The van der Waals surface area contributed by atoms with Gasteiger partial charge in [-0.05, 0) is 63.1 Å². The van der Waals surface area contributed by atoms with Gasteiger partial charge in [-0.3, -0.25) is 4.90 Å². The first-order chi connectivity index (χ1) is 10.0. The Labute approximate surface area is 130 Å². The average molecular weight is 289 g/mol. The van der Waals surface area contributed by atoms with Gasteiger partial charge in [-0.1, -0.05) is 38.1 Å². The molecule has 1 saturated carbocycles. The molecule has 0 aliphatic heterocycles. The van der Waals surface area contributed by atoms with Gasteiger partial charge in [0.05, 0.1) is 6.10 Å². The zero-order chi connectivity index (χ0) is 15.4. The molecule has 2 unspecified atom stereocenters. The van der Waals surface area contributed by atoms with E-state index < -0.39 is 6.10 Å². The fourth-order valence-electron chi connectivity index (χ4n) is 3.43. The molecule has 2 heteroatoms. The fraction of sp³-hybridized carbons (Fsp3) is 0.684. The summed E-state index contributed by atoms with van der Waals surface area (Å²) in [6.45, 7) is 6.66. The van der Waals surface area contributed by atoms with E-state index in [1.54, 1.807) is 0 Å². The summed E-state index contributed by atoms with van der Waals surface area (Å²) < 4.78 is 0. The molecule has 1 aliphatic carbocycles. The lowest BCUT2D eigenvalue weighted by Gasteiger charge is -2.39. The molecule has 21 heavy (non-hydrogen) atoms. The van der Waals surface area contributed by atoms with E-state index >= 15 is 0 Å². The van der Waals surface area contributed by atoms with Gasteiger partial charge in [0, 0.05) is 12.1 Å². The van der Waals surface area contributed by atoms with Gasteiger partial charge in [-0.2, -0.15) is 0 Å². The van der Waals surface area contributed by atoms with E-state index in [9.17, 15) is 5.11 Å². The van der Waals surface area contributed by atoms with Crippen molar-refractivity contribution >= 4 is 0 Å². The molecule has 1 aliphatic rings. The van der Waals surface area contributed by atoms with Crippen molar-refractivity contribution in [3.63, 3.8) is 0 Å². The highest BCUT2D eigenvalue weighted by Crippen LogP contribution is 2.30. The number of aliphatic hydroxyl groups is 1. The van der Waals surface area contributed by atoms with Crippen molar-refractivity contribution in [3.8, 4) is 0 Å². The Kier molecular flexibility index (Phi) is 5.83. The summed E-state index contributed by atoms with van der Waals surface area (Å²) in [6.07, 6.45) is 5.82. The maximum absolute atomic E-state index is 10.7. The molecule has 0 aromatic heterocycles. The number of aliphatic hydroxyl groups excluding tert-OH is 1. The third kappa shape index (κ3) is 4.08. The van der Waals surface area contributed by atoms with Gasteiger partial charge in [-0.15, -0.1) is 0 Å². The van der Waals surface area contributed by atoms with E-state index in [0.717, 1.165) is 17.9 Å². The largest absolute Gasteiger partial charge is 0.387 e. The van der Waals surface area contributed by atoms with Gasteiger partial charge >= 0.3 is 0 Å². The third-order valence-electron chi connectivity index (χ3n) is 5.39. The maximum Gasteiger partial charge on any atom is 0.0942 e. The monoisotopic (exact) mass is 289 g/mol. The highest BCUT2D eigenvalue weighted by molar-refractivity contribution is 5.25. The van der Waals surface area contributed by atoms with Crippen molar-refractivity contribution < 1.29 is 5.11 Å². The molecule has 0 amide bonds. The summed E-state index contributed by atoms with van der Waals surface area (Å²) in [5, 5.41) is 10.7. The summed E-state index contributed by atoms with van der Waals surface area (Å²) >= 11 is 0. The molecule has 1 aromatic rings. The average Bonchev–Trinajstić information content (AvgIpc) is 2.53. The molecular formula is C19H31NO. The lowest BCUT2D eigenvalue weighted by molar-refractivity contribution is 0.0348. The summed E-state index contributed by atoms with van der Waals surface area (Å²) in [6, 6.07) is 9.21. The molecule has 1 fully saturated rings. The summed E-state index contributed by atoms with van der Waals surface area (Å²) in [5.74, 6) is 0.872. The molecule has 0 saturated heterocycles. The Hall–Kier alpha value is -0.860. The van der Waals surface area contributed by atoms with E-state index in [4.69, 9.17) is 0 Å². The minimum absolute atomic E-state index is 0.163. The number of hydrogen-bond acceptors (Lipinski definition) is 2. The van der Waals surface area contributed by atoms with Crippen LogP contribution >= 0.6 is 0 Å². The third-order valence-corrected chi connectivity index (χ3v) is 5.39. The molecule has 0 heterocycles. The predicted octanol–water partition coefficient (Wildman–Crippen LogP) is 4.18. The Morgan fingerprint density at radius 2 is 1.71 bits per heavy atom. The number of hydrogen-bond donors (Lipinski definition) is 1. The molecule has 118 valence electrons. The first kappa shape index (κ1) is 16.5. The Morgan fingerprint density at radius 3 is 2.24 bits per heavy atom. The van der Waals surface area contributed by atoms with Crippen LogP contribution in [0.2, 0.25) is 0 Å². The molecule has 2 atom stereocenters. The van der Waals surface area contributed by atoms with Crippen molar-refractivity contribution in [3.05, 3.63) is 35.4 Å². The van der Waals surface area contributed by atoms with Crippen LogP contribution in [0.3, 0.4) is 0 Å². The first-order valence-corrected chi connectivity index (χ1v) is 8.51. The van der Waals surface area contributed by atoms with E-state index in [-0.39, 0.29) is 6.04 Å². The molecule has 1 N–H and O–H groups in total. The fourth-order valence-corrected chi connectivity index (χ4v) is 3.43. The Bertz CT molecular complexity index is 420. The quantitative estimate of drug-likeness (QED) is 0.879. The zero-order valence-corrected chi connectivity index (χ0v) is 14.0. The standard InChI is InChI=1S/C19H31NO/c1-5-16-8-10-17(11-9-16)19(21)15(3)20(4)18-12-6-14(2)7-13-18/h8-11,14-15,18-19,21H,5-7,12-13H2,1-4H3. The van der Waals surface area contributed by atoms with Gasteiger partial charge in [-0.25, -0.2) is 0 Å². The molecular weight excluding hydrogens is 258 g/mol. The molecule has 0 bridgehead atoms. The van der Waals surface area contributed by atoms with Gasteiger partial charge in [0.2, 0.25) is 0 Å². The molecule has 0 spiro atoms. The molecule has 2 rings (SSSR count). The highest BCUT2D eigenvalue weighted by atomic mass is 16.3. The van der Waals surface area contributed by atoms with Crippen LogP contribution in [-0.2, 0) is 6.42 Å². The van der Waals surface area contributed by atoms with Crippen LogP contribution in [0, 0.1) is 5.92 Å². The highest BCUT2D eigenvalue weighted by Gasteiger charge is 2.28. The second kappa shape index (κ2) is 7.42. The number of benzene rings is 1. The van der Waals surface area contributed by atoms with Crippen molar-refractivity contribution in [2.45, 2.75) is 71.1 Å². The van der Waals surface area contributed by atoms with Gasteiger partial charge in [0.1, 0.15) is 0 Å². The SMILES string of the molecule is CCc1ccc(C(O)C(C)N(C)C2CCC(C)CC2)cc1. The van der Waals surface area contributed by atoms with E-state index in [0.29, 0.717) is 6.04 Å². The van der Waals surface area contributed by atoms with Crippen molar-refractivity contribution in [2.24, 2.45) is 5.92 Å². The number of aryl methyl sites for hydroxylation is 1. The topological polar surface area (TPSA) is 23.5 Å². The minimum atomic E-state index is -0.403. The van der Waals surface area contributed by atoms with Crippen LogP contribution < -0.4 is 0 Å². The van der Waals surface area contributed by atoms with E-state index in [1.165, 1.54) is 31.2 Å². The van der Waals surface area contributed by atoms with Crippen LogP contribution in [0.15, 0.2) is 24.3 Å². The minimum Gasteiger partial charge on any atom is -0.387 e. The lowest BCUT2D eigenvalue weighted by Crippen LogP contribution is -2.43. The Balaban J connectivity index is 1.98. The molecule has 0 radical (unpaired) electrons. The van der Waals surface area contributed by atoms with Crippen LogP contribution in [0.1, 0.15) is 63.7 Å². The summed E-state index contributed by atoms with van der Waals surface area (Å²) in [5.41, 5.74) is 2.36.